The van der Waals surface area contributed by atoms with Crippen molar-refractivity contribution in [2.45, 2.75) is 70.2 Å². The van der Waals surface area contributed by atoms with Gasteiger partial charge in [0.25, 0.3) is 0 Å². The van der Waals surface area contributed by atoms with Crippen LogP contribution in [0.15, 0.2) is 16.6 Å². The molecule has 4 heteroatoms. The fourth-order valence-electron chi connectivity index (χ4n) is 3.01. The summed E-state index contributed by atoms with van der Waals surface area (Å²) in [5.74, 6) is 0.956. The van der Waals surface area contributed by atoms with Gasteiger partial charge in [0.2, 0.25) is 0 Å². The van der Waals surface area contributed by atoms with Crippen molar-refractivity contribution in [1.82, 2.24) is 5.32 Å². The molecule has 2 aliphatic rings. The molecule has 3 nitrogen and oxygen atoms in total. The summed E-state index contributed by atoms with van der Waals surface area (Å²) in [5, 5.41) is 13.7. The van der Waals surface area contributed by atoms with E-state index < -0.39 is 0 Å². The second kappa shape index (κ2) is 6.67. The molecule has 1 aromatic carbocycles. The molecule has 0 aromatic heterocycles. The van der Waals surface area contributed by atoms with Crippen molar-refractivity contribution in [2.24, 2.45) is 0 Å². The highest BCUT2D eigenvalue weighted by atomic mass is 79.9. The average molecular weight is 354 g/mol. The maximum absolute atomic E-state index is 10.1. The molecule has 2 atom stereocenters. The van der Waals surface area contributed by atoms with Crippen LogP contribution in [0.25, 0.3) is 0 Å². The Balaban J connectivity index is 1.77. The molecule has 0 spiro atoms. The number of halogens is 1. The zero-order chi connectivity index (χ0) is 14.8. The Bertz CT molecular complexity index is 502. The molecule has 116 valence electrons. The van der Waals surface area contributed by atoms with Gasteiger partial charge in [-0.15, -0.1) is 0 Å². The molecular formula is C17H24BrNO2. The third-order valence-corrected chi connectivity index (χ3v) is 4.87. The molecule has 2 saturated carbocycles. The Kier molecular flexibility index (Phi) is 4.87. The number of aliphatic hydroxyl groups excluding tert-OH is 1. The van der Waals surface area contributed by atoms with Crippen LogP contribution < -0.4 is 10.1 Å². The first-order chi connectivity index (χ1) is 10.1. The highest BCUT2D eigenvalue weighted by Gasteiger charge is 2.27. The van der Waals surface area contributed by atoms with Crippen molar-refractivity contribution >= 4 is 15.9 Å². The maximum Gasteiger partial charge on any atom is 0.127 e. The van der Waals surface area contributed by atoms with Crippen LogP contribution in [-0.4, -0.2) is 23.4 Å². The molecule has 2 aliphatic carbocycles. The highest BCUT2D eigenvalue weighted by molar-refractivity contribution is 9.10. The molecule has 2 unspecified atom stereocenters. The van der Waals surface area contributed by atoms with Gasteiger partial charge in [-0.2, -0.15) is 0 Å². The van der Waals surface area contributed by atoms with Gasteiger partial charge in [-0.05, 0) is 56.7 Å². The second-order valence-corrected chi connectivity index (χ2v) is 7.29. The van der Waals surface area contributed by atoms with Crippen LogP contribution in [0.2, 0.25) is 0 Å². The number of nitrogens with one attached hydrogen (secondary N) is 1. The van der Waals surface area contributed by atoms with Gasteiger partial charge in [0.1, 0.15) is 11.9 Å². The number of benzene rings is 1. The van der Waals surface area contributed by atoms with E-state index in [0.717, 1.165) is 48.0 Å². The second-order valence-electron chi connectivity index (χ2n) is 6.37. The zero-order valence-corrected chi connectivity index (χ0v) is 14.2. The molecule has 2 fully saturated rings. The zero-order valence-electron chi connectivity index (χ0n) is 12.6. The van der Waals surface area contributed by atoms with Gasteiger partial charge in [0.05, 0.1) is 6.10 Å². The lowest BCUT2D eigenvalue weighted by Crippen LogP contribution is -2.35. The molecule has 0 heterocycles. The SMILES string of the molecule is Cc1cc(Br)cc(CNC2CC2)c1OC1CCCCC1O. The molecule has 2 N–H and O–H groups in total. The van der Waals surface area contributed by atoms with E-state index in [0.29, 0.717) is 6.04 Å². The first kappa shape index (κ1) is 15.3. The standard InChI is InChI=1S/C17H24BrNO2/c1-11-8-13(18)9-12(10-19-14-6-7-14)17(11)21-16-5-3-2-4-15(16)20/h8-9,14-16,19-20H,2-7,10H2,1H3. The monoisotopic (exact) mass is 353 g/mol. The van der Waals surface area contributed by atoms with E-state index in [1.807, 2.05) is 0 Å². The van der Waals surface area contributed by atoms with Gasteiger partial charge in [0.15, 0.2) is 0 Å². The fourth-order valence-corrected chi connectivity index (χ4v) is 3.63. The number of rotatable bonds is 5. The Morgan fingerprint density at radius 1 is 1.24 bits per heavy atom. The smallest absolute Gasteiger partial charge is 0.127 e. The number of hydrogen-bond donors (Lipinski definition) is 2. The van der Waals surface area contributed by atoms with Gasteiger partial charge >= 0.3 is 0 Å². The fraction of sp³-hybridized carbons (Fsp3) is 0.647. The number of hydrogen-bond acceptors (Lipinski definition) is 3. The summed E-state index contributed by atoms with van der Waals surface area (Å²) in [7, 11) is 0. The third-order valence-electron chi connectivity index (χ3n) is 4.41. The van der Waals surface area contributed by atoms with Crippen LogP contribution in [0, 0.1) is 6.92 Å². The highest BCUT2D eigenvalue weighted by Crippen LogP contribution is 2.32. The average Bonchev–Trinajstić information content (AvgIpc) is 3.26. The first-order valence-corrected chi connectivity index (χ1v) is 8.80. The van der Waals surface area contributed by atoms with Crippen LogP contribution >= 0.6 is 15.9 Å². The van der Waals surface area contributed by atoms with Gasteiger partial charge in [-0.1, -0.05) is 22.4 Å². The molecular weight excluding hydrogens is 330 g/mol. The summed E-state index contributed by atoms with van der Waals surface area (Å²) < 4.78 is 7.31. The predicted molar refractivity (Wildman–Crippen MR) is 87.6 cm³/mol. The van der Waals surface area contributed by atoms with Crippen LogP contribution in [0.4, 0.5) is 0 Å². The van der Waals surface area contributed by atoms with Gasteiger partial charge in [-0.25, -0.2) is 0 Å². The minimum atomic E-state index is -0.328. The minimum Gasteiger partial charge on any atom is -0.487 e. The van der Waals surface area contributed by atoms with Crippen LogP contribution in [0.5, 0.6) is 5.75 Å². The van der Waals surface area contributed by atoms with Gasteiger partial charge in [-0.3, -0.25) is 0 Å². The van der Waals surface area contributed by atoms with E-state index >= 15 is 0 Å². The third kappa shape index (κ3) is 3.99. The first-order valence-electron chi connectivity index (χ1n) is 8.00. The van der Waals surface area contributed by atoms with E-state index in [-0.39, 0.29) is 12.2 Å². The molecule has 1 aromatic rings. The lowest BCUT2D eigenvalue weighted by atomic mass is 9.94. The van der Waals surface area contributed by atoms with E-state index in [1.165, 1.54) is 18.4 Å². The maximum atomic E-state index is 10.1. The number of aryl methyl sites for hydroxylation is 1. The van der Waals surface area contributed by atoms with E-state index in [4.69, 9.17) is 4.74 Å². The van der Waals surface area contributed by atoms with Crippen molar-refractivity contribution in [3.8, 4) is 5.75 Å². The summed E-state index contributed by atoms with van der Waals surface area (Å²) in [6.45, 7) is 2.92. The molecule has 0 saturated heterocycles. The summed E-state index contributed by atoms with van der Waals surface area (Å²) in [6, 6.07) is 4.90. The van der Waals surface area contributed by atoms with Crippen molar-refractivity contribution in [2.75, 3.05) is 0 Å². The number of aliphatic hydroxyl groups is 1. The Morgan fingerprint density at radius 3 is 2.71 bits per heavy atom. The summed E-state index contributed by atoms with van der Waals surface area (Å²) in [6.07, 6.45) is 6.24. The van der Waals surface area contributed by atoms with Crippen LogP contribution in [-0.2, 0) is 6.54 Å². The molecule has 21 heavy (non-hydrogen) atoms. The Morgan fingerprint density at radius 2 is 2.00 bits per heavy atom. The molecule has 0 aliphatic heterocycles. The summed E-state index contributed by atoms with van der Waals surface area (Å²) >= 11 is 3.57. The normalized spacial score (nSPS) is 25.9. The van der Waals surface area contributed by atoms with Crippen LogP contribution in [0.3, 0.4) is 0 Å². The number of ether oxygens (including phenoxy) is 1. The van der Waals surface area contributed by atoms with E-state index in [9.17, 15) is 5.11 Å². The lowest BCUT2D eigenvalue weighted by Gasteiger charge is -2.30. The quantitative estimate of drug-likeness (QED) is 0.847. The van der Waals surface area contributed by atoms with E-state index in [2.05, 4.69) is 40.3 Å². The molecule has 0 radical (unpaired) electrons. The largest absolute Gasteiger partial charge is 0.487 e. The lowest BCUT2D eigenvalue weighted by molar-refractivity contribution is 0.00601. The molecule has 0 bridgehead atoms. The molecule has 3 rings (SSSR count). The van der Waals surface area contributed by atoms with E-state index in [1.54, 1.807) is 0 Å². The topological polar surface area (TPSA) is 41.5 Å². The minimum absolute atomic E-state index is 0.0571. The van der Waals surface area contributed by atoms with Crippen molar-refractivity contribution < 1.29 is 9.84 Å². The van der Waals surface area contributed by atoms with Crippen molar-refractivity contribution in [1.29, 1.82) is 0 Å². The van der Waals surface area contributed by atoms with Crippen LogP contribution in [0.1, 0.15) is 49.7 Å². The summed E-state index contributed by atoms with van der Waals surface area (Å²) in [4.78, 5) is 0. The summed E-state index contributed by atoms with van der Waals surface area (Å²) in [5.41, 5.74) is 2.32. The van der Waals surface area contributed by atoms with Gasteiger partial charge < -0.3 is 15.2 Å². The predicted octanol–water partition coefficient (Wildman–Crippen LogP) is 3.69. The van der Waals surface area contributed by atoms with Crippen molar-refractivity contribution in [3.63, 3.8) is 0 Å². The van der Waals surface area contributed by atoms with Crippen molar-refractivity contribution in [3.05, 3.63) is 27.7 Å². The Hall–Kier alpha value is -0.580. The Labute approximate surface area is 135 Å². The molecule has 0 amide bonds. The van der Waals surface area contributed by atoms with Gasteiger partial charge in [0, 0.05) is 22.6 Å².